The normalized spacial score (nSPS) is 18.8. The van der Waals surface area contributed by atoms with Gasteiger partial charge in [-0.1, -0.05) is 18.2 Å². The summed E-state index contributed by atoms with van der Waals surface area (Å²) in [5, 5.41) is 5.67. The molecular formula is C18H21N3S. The van der Waals surface area contributed by atoms with Crippen LogP contribution in [-0.2, 0) is 13.0 Å². The highest BCUT2D eigenvalue weighted by Crippen LogP contribution is 2.23. The molecule has 0 amide bonds. The molecular weight excluding hydrogens is 290 g/mol. The lowest BCUT2D eigenvalue weighted by molar-refractivity contribution is 0.337. The minimum absolute atomic E-state index is 0.716. The number of rotatable bonds is 4. The van der Waals surface area contributed by atoms with Gasteiger partial charge < -0.3 is 9.88 Å². The predicted molar refractivity (Wildman–Crippen MR) is 92.5 cm³/mol. The van der Waals surface area contributed by atoms with Crippen molar-refractivity contribution in [1.29, 1.82) is 0 Å². The van der Waals surface area contributed by atoms with Gasteiger partial charge in [0.2, 0.25) is 0 Å². The molecule has 4 rings (SSSR count). The SMILES string of the molecule is c1csc(Cc2nc3ccccc3n2CC2CCCNC2)c1. The maximum atomic E-state index is 4.90. The number of para-hydroxylation sites is 2. The minimum atomic E-state index is 0.716. The average Bonchev–Trinajstić information content (AvgIpc) is 3.18. The van der Waals surface area contributed by atoms with Crippen molar-refractivity contribution in [3.8, 4) is 0 Å². The molecule has 1 aromatic carbocycles. The van der Waals surface area contributed by atoms with Crippen molar-refractivity contribution in [2.75, 3.05) is 13.1 Å². The third kappa shape index (κ3) is 2.81. The van der Waals surface area contributed by atoms with Crippen LogP contribution < -0.4 is 5.32 Å². The summed E-state index contributed by atoms with van der Waals surface area (Å²) in [4.78, 5) is 6.29. The molecule has 1 aliphatic heterocycles. The van der Waals surface area contributed by atoms with Gasteiger partial charge in [0.25, 0.3) is 0 Å². The molecule has 0 bridgehead atoms. The van der Waals surface area contributed by atoms with Crippen LogP contribution >= 0.6 is 11.3 Å². The lowest BCUT2D eigenvalue weighted by atomic mass is 9.99. The van der Waals surface area contributed by atoms with Gasteiger partial charge in [-0.25, -0.2) is 4.98 Å². The lowest BCUT2D eigenvalue weighted by Gasteiger charge is -2.24. The van der Waals surface area contributed by atoms with Gasteiger partial charge >= 0.3 is 0 Å². The Kier molecular flexibility index (Phi) is 3.95. The fourth-order valence-electron chi connectivity index (χ4n) is 3.37. The molecule has 1 atom stereocenters. The summed E-state index contributed by atoms with van der Waals surface area (Å²) in [6, 6.07) is 12.9. The van der Waals surface area contributed by atoms with Crippen molar-refractivity contribution in [1.82, 2.24) is 14.9 Å². The number of hydrogen-bond donors (Lipinski definition) is 1. The van der Waals surface area contributed by atoms with E-state index in [-0.39, 0.29) is 0 Å². The van der Waals surface area contributed by atoms with E-state index in [1.54, 1.807) is 0 Å². The molecule has 22 heavy (non-hydrogen) atoms. The van der Waals surface area contributed by atoms with E-state index >= 15 is 0 Å². The zero-order valence-corrected chi connectivity index (χ0v) is 13.5. The molecule has 1 unspecified atom stereocenters. The van der Waals surface area contributed by atoms with Crippen LogP contribution in [0.4, 0.5) is 0 Å². The molecule has 0 saturated carbocycles. The second kappa shape index (κ2) is 6.23. The van der Waals surface area contributed by atoms with Crippen LogP contribution in [0, 0.1) is 5.92 Å². The minimum Gasteiger partial charge on any atom is -0.327 e. The Morgan fingerprint density at radius 3 is 3.00 bits per heavy atom. The lowest BCUT2D eigenvalue weighted by Crippen LogP contribution is -2.32. The van der Waals surface area contributed by atoms with Crippen LogP contribution in [-0.4, -0.2) is 22.6 Å². The van der Waals surface area contributed by atoms with Gasteiger partial charge in [0.05, 0.1) is 11.0 Å². The van der Waals surface area contributed by atoms with Gasteiger partial charge in [0, 0.05) is 17.8 Å². The van der Waals surface area contributed by atoms with Crippen molar-refractivity contribution in [2.45, 2.75) is 25.8 Å². The highest BCUT2D eigenvalue weighted by atomic mass is 32.1. The molecule has 0 spiro atoms. The summed E-state index contributed by atoms with van der Waals surface area (Å²) in [6.07, 6.45) is 3.54. The van der Waals surface area contributed by atoms with Crippen LogP contribution in [0.25, 0.3) is 11.0 Å². The Hall–Kier alpha value is -1.65. The Bertz CT molecular complexity index is 739. The van der Waals surface area contributed by atoms with E-state index in [2.05, 4.69) is 51.7 Å². The number of hydrogen-bond acceptors (Lipinski definition) is 3. The van der Waals surface area contributed by atoms with E-state index in [4.69, 9.17) is 4.98 Å². The molecule has 3 heterocycles. The van der Waals surface area contributed by atoms with Crippen molar-refractivity contribution >= 4 is 22.4 Å². The summed E-state index contributed by atoms with van der Waals surface area (Å²) in [5.74, 6) is 1.92. The second-order valence-corrected chi connectivity index (χ2v) is 7.13. The number of nitrogens with zero attached hydrogens (tertiary/aromatic N) is 2. The largest absolute Gasteiger partial charge is 0.327 e. The van der Waals surface area contributed by atoms with E-state index in [1.165, 1.54) is 35.6 Å². The van der Waals surface area contributed by atoms with Crippen LogP contribution in [0.3, 0.4) is 0 Å². The summed E-state index contributed by atoms with van der Waals surface area (Å²) >= 11 is 1.82. The Morgan fingerprint density at radius 1 is 1.23 bits per heavy atom. The maximum Gasteiger partial charge on any atom is 0.115 e. The molecule has 1 N–H and O–H groups in total. The second-order valence-electron chi connectivity index (χ2n) is 6.10. The zero-order valence-electron chi connectivity index (χ0n) is 12.7. The monoisotopic (exact) mass is 311 g/mol. The first-order chi connectivity index (χ1) is 10.9. The van der Waals surface area contributed by atoms with E-state index in [0.717, 1.165) is 25.0 Å². The number of nitrogens with one attached hydrogen (secondary N) is 1. The molecule has 0 aliphatic carbocycles. The summed E-state index contributed by atoms with van der Waals surface area (Å²) in [6.45, 7) is 3.38. The smallest absolute Gasteiger partial charge is 0.115 e. The topological polar surface area (TPSA) is 29.9 Å². The number of thiophene rings is 1. The molecule has 114 valence electrons. The number of piperidine rings is 1. The van der Waals surface area contributed by atoms with E-state index < -0.39 is 0 Å². The Balaban J connectivity index is 1.69. The van der Waals surface area contributed by atoms with Gasteiger partial charge in [-0.3, -0.25) is 0 Å². The maximum absolute atomic E-state index is 4.90. The third-order valence-electron chi connectivity index (χ3n) is 4.49. The van der Waals surface area contributed by atoms with E-state index in [0.29, 0.717) is 5.92 Å². The highest BCUT2D eigenvalue weighted by molar-refractivity contribution is 7.09. The number of imidazole rings is 1. The molecule has 1 aliphatic rings. The number of aromatic nitrogens is 2. The zero-order chi connectivity index (χ0) is 14.8. The molecule has 0 radical (unpaired) electrons. The van der Waals surface area contributed by atoms with Crippen molar-refractivity contribution in [2.24, 2.45) is 5.92 Å². The van der Waals surface area contributed by atoms with Crippen LogP contribution in [0.5, 0.6) is 0 Å². The van der Waals surface area contributed by atoms with Gasteiger partial charge in [-0.2, -0.15) is 0 Å². The first kappa shape index (κ1) is 14.0. The number of benzene rings is 1. The number of fused-ring (bicyclic) bond motifs is 1. The fraction of sp³-hybridized carbons (Fsp3) is 0.389. The standard InChI is InChI=1S/C18H21N3S/c1-2-8-17-16(7-1)20-18(11-15-6-4-10-22-15)21(17)13-14-5-3-9-19-12-14/h1-2,4,6-8,10,14,19H,3,5,9,11-13H2. The Morgan fingerprint density at radius 2 is 2.18 bits per heavy atom. The first-order valence-corrected chi connectivity index (χ1v) is 8.95. The van der Waals surface area contributed by atoms with Gasteiger partial charge in [-0.15, -0.1) is 11.3 Å². The molecule has 3 aromatic rings. The third-order valence-corrected chi connectivity index (χ3v) is 5.36. The van der Waals surface area contributed by atoms with E-state index in [1.807, 2.05) is 11.3 Å². The van der Waals surface area contributed by atoms with E-state index in [9.17, 15) is 0 Å². The van der Waals surface area contributed by atoms with Gasteiger partial charge in [0.15, 0.2) is 0 Å². The van der Waals surface area contributed by atoms with Gasteiger partial charge in [-0.05, 0) is 55.4 Å². The quantitative estimate of drug-likeness (QED) is 0.796. The van der Waals surface area contributed by atoms with Crippen molar-refractivity contribution in [3.63, 3.8) is 0 Å². The highest BCUT2D eigenvalue weighted by Gasteiger charge is 2.18. The summed E-state index contributed by atoms with van der Waals surface area (Å²) < 4.78 is 2.45. The van der Waals surface area contributed by atoms with Crippen molar-refractivity contribution < 1.29 is 0 Å². The molecule has 3 nitrogen and oxygen atoms in total. The fourth-order valence-corrected chi connectivity index (χ4v) is 4.07. The molecule has 2 aromatic heterocycles. The van der Waals surface area contributed by atoms with Crippen molar-refractivity contribution in [3.05, 3.63) is 52.5 Å². The predicted octanol–water partition coefficient (Wildman–Crippen LogP) is 3.69. The van der Waals surface area contributed by atoms with Crippen LogP contribution in [0.1, 0.15) is 23.5 Å². The summed E-state index contributed by atoms with van der Waals surface area (Å²) in [5.41, 5.74) is 2.40. The van der Waals surface area contributed by atoms with Crippen LogP contribution in [0.15, 0.2) is 41.8 Å². The first-order valence-electron chi connectivity index (χ1n) is 8.07. The average molecular weight is 311 g/mol. The van der Waals surface area contributed by atoms with Gasteiger partial charge in [0.1, 0.15) is 5.82 Å². The Labute approximate surface area is 135 Å². The molecule has 4 heteroatoms. The molecule has 1 saturated heterocycles. The summed E-state index contributed by atoms with van der Waals surface area (Å²) in [7, 11) is 0. The van der Waals surface area contributed by atoms with Crippen LogP contribution in [0.2, 0.25) is 0 Å². The molecule has 1 fully saturated rings.